The van der Waals surface area contributed by atoms with Gasteiger partial charge in [0.05, 0.1) is 6.61 Å². The summed E-state index contributed by atoms with van der Waals surface area (Å²) in [6, 6.07) is 0. The Balaban J connectivity index is 3.68. The van der Waals surface area contributed by atoms with Crippen molar-refractivity contribution in [2.24, 2.45) is 11.0 Å². The van der Waals surface area contributed by atoms with E-state index in [0.717, 1.165) is 6.42 Å². The lowest BCUT2D eigenvalue weighted by Crippen LogP contribution is -2.12. The summed E-state index contributed by atoms with van der Waals surface area (Å²) in [7, 11) is 0. The van der Waals surface area contributed by atoms with Gasteiger partial charge < -0.3 is 4.74 Å². The summed E-state index contributed by atoms with van der Waals surface area (Å²) in [5.74, 6) is -0.245. The van der Waals surface area contributed by atoms with Gasteiger partial charge >= 0.3 is 5.97 Å². The molecule has 0 aliphatic rings. The average molecular weight is 241 g/mol. The maximum Gasteiger partial charge on any atom is 0.313 e. The highest BCUT2D eigenvalue weighted by Gasteiger charge is 2.11. The van der Waals surface area contributed by atoms with Crippen molar-refractivity contribution in [3.63, 3.8) is 0 Å². The van der Waals surface area contributed by atoms with E-state index in [4.69, 9.17) is 5.53 Å². The number of ether oxygens (including phenoxy) is 1. The largest absolute Gasteiger partial charge is 0.466 e. The molecule has 0 rings (SSSR count). The van der Waals surface area contributed by atoms with Gasteiger partial charge in [-0.15, -0.1) is 0 Å². The van der Waals surface area contributed by atoms with Crippen LogP contribution in [0.3, 0.4) is 0 Å². The smallest absolute Gasteiger partial charge is 0.313 e. The van der Waals surface area contributed by atoms with Crippen LogP contribution in [0.4, 0.5) is 0 Å². The Labute approximate surface area is 101 Å². The zero-order valence-corrected chi connectivity index (χ0v) is 10.4. The van der Waals surface area contributed by atoms with Crippen molar-refractivity contribution in [3.05, 3.63) is 10.4 Å². The van der Waals surface area contributed by atoms with Crippen molar-refractivity contribution in [3.8, 4) is 0 Å². The first kappa shape index (κ1) is 15.4. The third-order valence-electron chi connectivity index (χ3n) is 2.35. The van der Waals surface area contributed by atoms with E-state index in [1.807, 2.05) is 6.92 Å². The third kappa shape index (κ3) is 9.38. The average Bonchev–Trinajstić information content (AvgIpc) is 2.27. The van der Waals surface area contributed by atoms with Gasteiger partial charge in [0, 0.05) is 17.9 Å². The standard InChI is InChI=1S/C11H19N3O3/c1-3-17-11(16)8-10(15)5-4-9(2)6-7-13-14-12/h9H,3-8H2,1-2H3. The molecular formula is C11H19N3O3. The molecular weight excluding hydrogens is 222 g/mol. The Morgan fingerprint density at radius 2 is 2.12 bits per heavy atom. The highest BCUT2D eigenvalue weighted by atomic mass is 16.5. The second-order valence-corrected chi connectivity index (χ2v) is 3.91. The van der Waals surface area contributed by atoms with E-state index in [1.54, 1.807) is 6.92 Å². The SMILES string of the molecule is CCOC(=O)CC(=O)CCC(C)CCN=[N+]=[N-]. The van der Waals surface area contributed by atoms with E-state index in [0.29, 0.717) is 31.9 Å². The first-order chi connectivity index (χ1) is 8.10. The van der Waals surface area contributed by atoms with Gasteiger partial charge in [-0.1, -0.05) is 12.0 Å². The Bertz CT molecular complexity index is 298. The number of carbonyl (C=O) groups is 2. The molecule has 1 atom stereocenters. The molecule has 0 aromatic heterocycles. The fraction of sp³-hybridized carbons (Fsp3) is 0.818. The van der Waals surface area contributed by atoms with E-state index in [2.05, 4.69) is 14.8 Å². The van der Waals surface area contributed by atoms with E-state index in [1.165, 1.54) is 0 Å². The zero-order chi connectivity index (χ0) is 13.1. The molecule has 0 saturated heterocycles. The Kier molecular flexibility index (Phi) is 8.78. The molecule has 0 aromatic rings. The molecule has 0 heterocycles. The summed E-state index contributed by atoms with van der Waals surface area (Å²) in [6.45, 7) is 4.45. The maximum atomic E-state index is 11.4. The summed E-state index contributed by atoms with van der Waals surface area (Å²) >= 11 is 0. The number of hydrogen-bond acceptors (Lipinski definition) is 4. The predicted molar refractivity (Wildman–Crippen MR) is 63.3 cm³/mol. The molecule has 0 aromatic carbocycles. The van der Waals surface area contributed by atoms with E-state index in [-0.39, 0.29) is 12.2 Å². The van der Waals surface area contributed by atoms with Crippen molar-refractivity contribution < 1.29 is 14.3 Å². The first-order valence-electron chi connectivity index (χ1n) is 5.78. The number of nitrogens with zero attached hydrogens (tertiary/aromatic N) is 3. The quantitative estimate of drug-likeness (QED) is 0.204. The minimum atomic E-state index is -0.459. The fourth-order valence-electron chi connectivity index (χ4n) is 1.34. The van der Waals surface area contributed by atoms with Crippen LogP contribution in [0.1, 0.15) is 39.5 Å². The molecule has 0 aliphatic heterocycles. The third-order valence-corrected chi connectivity index (χ3v) is 2.35. The van der Waals surface area contributed by atoms with Crippen LogP contribution in [0.5, 0.6) is 0 Å². The molecule has 0 aliphatic carbocycles. The number of esters is 1. The lowest BCUT2D eigenvalue weighted by molar-refractivity contribution is -0.145. The summed E-state index contributed by atoms with van der Waals surface area (Å²) in [6.07, 6.45) is 1.70. The molecule has 1 unspecified atom stereocenters. The normalized spacial score (nSPS) is 11.4. The van der Waals surface area contributed by atoms with Gasteiger partial charge in [-0.05, 0) is 31.2 Å². The minimum absolute atomic E-state index is 0.0981. The van der Waals surface area contributed by atoms with E-state index < -0.39 is 5.97 Å². The lowest BCUT2D eigenvalue weighted by Gasteiger charge is -2.08. The second kappa shape index (κ2) is 9.66. The van der Waals surface area contributed by atoms with E-state index in [9.17, 15) is 9.59 Å². The lowest BCUT2D eigenvalue weighted by atomic mass is 9.99. The summed E-state index contributed by atoms with van der Waals surface area (Å²) < 4.78 is 4.68. The Morgan fingerprint density at radius 3 is 2.71 bits per heavy atom. The van der Waals surface area contributed by atoms with Gasteiger partial charge in [0.1, 0.15) is 12.2 Å². The van der Waals surface area contributed by atoms with Crippen LogP contribution in [0.15, 0.2) is 5.11 Å². The molecule has 0 spiro atoms. The summed E-state index contributed by atoms with van der Waals surface area (Å²) in [5.41, 5.74) is 8.10. The van der Waals surface area contributed by atoms with Crippen LogP contribution in [-0.4, -0.2) is 24.9 Å². The van der Waals surface area contributed by atoms with Crippen LogP contribution < -0.4 is 0 Å². The molecule has 17 heavy (non-hydrogen) atoms. The molecule has 96 valence electrons. The highest BCUT2D eigenvalue weighted by molar-refractivity contribution is 5.95. The minimum Gasteiger partial charge on any atom is -0.466 e. The van der Waals surface area contributed by atoms with E-state index >= 15 is 0 Å². The molecule has 0 bridgehead atoms. The van der Waals surface area contributed by atoms with Crippen molar-refractivity contribution >= 4 is 11.8 Å². The number of hydrogen-bond donors (Lipinski definition) is 0. The van der Waals surface area contributed by atoms with Gasteiger partial charge in [-0.25, -0.2) is 0 Å². The number of Topliss-reactive ketones (excluding diaryl/α,β-unsaturated/α-hetero) is 1. The van der Waals surface area contributed by atoms with Crippen molar-refractivity contribution in [1.29, 1.82) is 0 Å². The van der Waals surface area contributed by atoms with Gasteiger partial charge in [-0.2, -0.15) is 0 Å². The topological polar surface area (TPSA) is 92.1 Å². The molecule has 0 amide bonds. The van der Waals surface area contributed by atoms with Gasteiger partial charge in [-0.3, -0.25) is 9.59 Å². The van der Waals surface area contributed by atoms with Crippen molar-refractivity contribution in [2.45, 2.75) is 39.5 Å². The van der Waals surface area contributed by atoms with Gasteiger partial charge in [0.15, 0.2) is 0 Å². The number of azide groups is 1. The summed E-state index contributed by atoms with van der Waals surface area (Å²) in [4.78, 5) is 25.1. The molecule has 0 fully saturated rings. The molecule has 6 nitrogen and oxygen atoms in total. The molecule has 6 heteroatoms. The Morgan fingerprint density at radius 1 is 1.41 bits per heavy atom. The summed E-state index contributed by atoms with van der Waals surface area (Å²) in [5, 5.41) is 3.43. The van der Waals surface area contributed by atoms with Gasteiger partial charge in [0.25, 0.3) is 0 Å². The maximum absolute atomic E-state index is 11.4. The Hall–Kier alpha value is -1.55. The molecule has 0 radical (unpaired) electrons. The molecule has 0 N–H and O–H groups in total. The van der Waals surface area contributed by atoms with Crippen LogP contribution in [-0.2, 0) is 14.3 Å². The van der Waals surface area contributed by atoms with Gasteiger partial charge in [0.2, 0.25) is 0 Å². The van der Waals surface area contributed by atoms with Crippen molar-refractivity contribution in [2.75, 3.05) is 13.2 Å². The predicted octanol–water partition coefficient (Wildman–Crippen LogP) is 2.63. The van der Waals surface area contributed by atoms with Crippen molar-refractivity contribution in [1.82, 2.24) is 0 Å². The highest BCUT2D eigenvalue weighted by Crippen LogP contribution is 2.11. The van der Waals surface area contributed by atoms with Crippen LogP contribution in [0.25, 0.3) is 10.4 Å². The van der Waals surface area contributed by atoms with Crippen LogP contribution >= 0.6 is 0 Å². The zero-order valence-electron chi connectivity index (χ0n) is 10.4. The fourth-order valence-corrected chi connectivity index (χ4v) is 1.34. The number of rotatable bonds is 9. The number of carbonyl (C=O) groups excluding carboxylic acids is 2. The molecule has 0 saturated carbocycles. The second-order valence-electron chi connectivity index (χ2n) is 3.91. The number of ketones is 1. The van der Waals surface area contributed by atoms with Crippen LogP contribution in [0, 0.1) is 5.92 Å². The monoisotopic (exact) mass is 241 g/mol. The first-order valence-corrected chi connectivity index (χ1v) is 5.78. The van der Waals surface area contributed by atoms with Crippen LogP contribution in [0.2, 0.25) is 0 Å².